The molecule has 0 fully saturated rings. The van der Waals surface area contributed by atoms with Crippen LogP contribution in [0.1, 0.15) is 34.1 Å². The molecule has 160 valence electrons. The number of rotatable bonds is 7. The quantitative estimate of drug-likeness (QED) is 0.468. The summed E-state index contributed by atoms with van der Waals surface area (Å²) in [5, 5.41) is 14.6. The van der Waals surface area contributed by atoms with E-state index in [4.69, 9.17) is 5.73 Å². The summed E-state index contributed by atoms with van der Waals surface area (Å²) >= 11 is 2.64. The number of aryl methyl sites for hydroxylation is 1. The van der Waals surface area contributed by atoms with E-state index in [0.717, 1.165) is 35.4 Å². The molecule has 1 aliphatic rings. The molecule has 1 aromatic carbocycles. The van der Waals surface area contributed by atoms with Crippen molar-refractivity contribution in [2.24, 2.45) is 5.73 Å². The lowest BCUT2D eigenvalue weighted by Gasteiger charge is -2.09. The van der Waals surface area contributed by atoms with Crippen molar-refractivity contribution in [2.45, 2.75) is 31.3 Å². The van der Waals surface area contributed by atoms with Gasteiger partial charge in [-0.1, -0.05) is 17.8 Å². The molecule has 4 N–H and O–H groups in total. The van der Waals surface area contributed by atoms with Crippen LogP contribution in [-0.4, -0.2) is 38.2 Å². The van der Waals surface area contributed by atoms with Gasteiger partial charge in [0.1, 0.15) is 11.3 Å². The minimum atomic E-state index is -0.513. The topological polar surface area (TPSA) is 132 Å². The first-order valence-corrected chi connectivity index (χ1v) is 11.4. The van der Waals surface area contributed by atoms with Crippen LogP contribution in [0.5, 0.6) is 0 Å². The Hall–Kier alpha value is -3.18. The van der Waals surface area contributed by atoms with E-state index < -0.39 is 5.91 Å². The number of nitrogens with two attached hydrogens (primary N) is 1. The van der Waals surface area contributed by atoms with Crippen LogP contribution in [0.4, 0.5) is 10.7 Å². The molecule has 0 saturated carbocycles. The lowest BCUT2D eigenvalue weighted by Crippen LogP contribution is -2.19. The molecule has 3 amide bonds. The monoisotopic (exact) mass is 456 g/mol. The van der Waals surface area contributed by atoms with E-state index in [-0.39, 0.29) is 17.6 Å². The molecule has 0 saturated heterocycles. The molecule has 0 aliphatic heterocycles. The van der Waals surface area contributed by atoms with Gasteiger partial charge in [-0.25, -0.2) is 0 Å². The average molecular weight is 457 g/mol. The number of primary amides is 1. The van der Waals surface area contributed by atoms with Gasteiger partial charge in [-0.15, -0.1) is 21.5 Å². The number of hydrogen-bond acceptors (Lipinski definition) is 7. The molecule has 31 heavy (non-hydrogen) atoms. The van der Waals surface area contributed by atoms with Crippen LogP contribution in [0, 0.1) is 0 Å². The number of carbonyl (C=O) groups is 3. The first-order valence-electron chi connectivity index (χ1n) is 9.57. The Labute approximate surface area is 186 Å². The summed E-state index contributed by atoms with van der Waals surface area (Å²) in [5.74, 6) is -0.845. The van der Waals surface area contributed by atoms with E-state index >= 15 is 0 Å². The lowest BCUT2D eigenvalue weighted by molar-refractivity contribution is -0.114. The van der Waals surface area contributed by atoms with E-state index in [1.165, 1.54) is 30.0 Å². The minimum absolute atomic E-state index is 0.0881. The van der Waals surface area contributed by atoms with Crippen molar-refractivity contribution in [1.29, 1.82) is 0 Å². The van der Waals surface area contributed by atoms with E-state index in [1.807, 2.05) is 12.1 Å². The minimum Gasteiger partial charge on any atom is -0.365 e. The Kier molecular flexibility index (Phi) is 6.05. The maximum absolute atomic E-state index is 12.6. The Morgan fingerprint density at radius 2 is 2.10 bits per heavy atom. The summed E-state index contributed by atoms with van der Waals surface area (Å²) in [6, 6.07) is 7.24. The van der Waals surface area contributed by atoms with Crippen LogP contribution in [0.15, 0.2) is 35.7 Å². The number of aromatic nitrogens is 3. The smallest absolute Gasteiger partial charge is 0.251 e. The predicted octanol–water partition coefficient (Wildman–Crippen LogP) is 2.61. The fraction of sp³-hybridized carbons (Fsp3) is 0.250. The van der Waals surface area contributed by atoms with E-state index in [1.54, 1.807) is 23.0 Å². The summed E-state index contributed by atoms with van der Waals surface area (Å²) in [4.78, 5) is 36.9. The highest BCUT2D eigenvalue weighted by atomic mass is 32.2. The second-order valence-electron chi connectivity index (χ2n) is 6.98. The van der Waals surface area contributed by atoms with E-state index in [0.29, 0.717) is 21.4 Å². The van der Waals surface area contributed by atoms with Gasteiger partial charge < -0.3 is 16.4 Å². The third-order valence-electron chi connectivity index (χ3n) is 4.71. The second kappa shape index (κ2) is 8.90. The summed E-state index contributed by atoms with van der Waals surface area (Å²) in [7, 11) is 0. The number of fused-ring (bicyclic) bond motifs is 1. The first kappa shape index (κ1) is 21.1. The Bertz CT molecular complexity index is 1170. The van der Waals surface area contributed by atoms with Gasteiger partial charge >= 0.3 is 0 Å². The van der Waals surface area contributed by atoms with Crippen molar-refractivity contribution in [1.82, 2.24) is 14.8 Å². The molecule has 2 heterocycles. The van der Waals surface area contributed by atoms with Crippen molar-refractivity contribution in [3.63, 3.8) is 0 Å². The number of thiophene rings is 1. The SMILES string of the molecule is CC(=O)Nc1cccc(-n2cnnc2SCC(=O)Nc2sc3c(c2C(N)=O)CCC3)c1. The summed E-state index contributed by atoms with van der Waals surface area (Å²) in [6.45, 7) is 1.44. The van der Waals surface area contributed by atoms with Crippen molar-refractivity contribution < 1.29 is 14.4 Å². The van der Waals surface area contributed by atoms with Crippen molar-refractivity contribution in [3.8, 4) is 5.69 Å². The molecule has 0 radical (unpaired) electrons. The Balaban J connectivity index is 1.45. The highest BCUT2D eigenvalue weighted by Gasteiger charge is 2.26. The van der Waals surface area contributed by atoms with Gasteiger partial charge in [-0.05, 0) is 43.0 Å². The molecule has 3 aromatic rings. The van der Waals surface area contributed by atoms with Crippen LogP contribution in [0.2, 0.25) is 0 Å². The lowest BCUT2D eigenvalue weighted by atomic mass is 10.1. The number of thioether (sulfide) groups is 1. The molecule has 0 atom stereocenters. The highest BCUT2D eigenvalue weighted by molar-refractivity contribution is 7.99. The fourth-order valence-corrected chi connectivity index (χ4v) is 5.52. The molecule has 0 bridgehead atoms. The van der Waals surface area contributed by atoms with Gasteiger partial charge in [0.15, 0.2) is 5.16 Å². The maximum Gasteiger partial charge on any atom is 0.251 e. The van der Waals surface area contributed by atoms with Gasteiger partial charge in [-0.3, -0.25) is 19.0 Å². The van der Waals surface area contributed by atoms with Crippen molar-refractivity contribution in [3.05, 3.63) is 46.6 Å². The van der Waals surface area contributed by atoms with Crippen molar-refractivity contribution in [2.75, 3.05) is 16.4 Å². The van der Waals surface area contributed by atoms with Crippen LogP contribution in [-0.2, 0) is 22.4 Å². The second-order valence-corrected chi connectivity index (χ2v) is 9.03. The third-order valence-corrected chi connectivity index (χ3v) is 6.86. The zero-order valence-electron chi connectivity index (χ0n) is 16.7. The van der Waals surface area contributed by atoms with Gasteiger partial charge in [0, 0.05) is 17.5 Å². The normalized spacial score (nSPS) is 12.4. The van der Waals surface area contributed by atoms with E-state index in [9.17, 15) is 14.4 Å². The number of nitrogens with one attached hydrogen (secondary N) is 2. The molecule has 4 rings (SSSR count). The van der Waals surface area contributed by atoms with Gasteiger partial charge in [0.05, 0.1) is 17.0 Å². The molecule has 11 heteroatoms. The first-order chi connectivity index (χ1) is 14.9. The summed E-state index contributed by atoms with van der Waals surface area (Å²) < 4.78 is 1.73. The number of amides is 3. The fourth-order valence-electron chi connectivity index (χ4n) is 3.48. The largest absolute Gasteiger partial charge is 0.365 e. The zero-order chi connectivity index (χ0) is 22.0. The molecule has 0 unspecified atom stereocenters. The Morgan fingerprint density at radius 3 is 2.87 bits per heavy atom. The Morgan fingerprint density at radius 1 is 1.26 bits per heavy atom. The third kappa shape index (κ3) is 4.62. The molecule has 0 spiro atoms. The number of carbonyl (C=O) groups excluding carboxylic acids is 3. The number of benzene rings is 1. The van der Waals surface area contributed by atoms with Gasteiger partial charge in [-0.2, -0.15) is 0 Å². The predicted molar refractivity (Wildman–Crippen MR) is 120 cm³/mol. The zero-order valence-corrected chi connectivity index (χ0v) is 18.3. The van der Waals surface area contributed by atoms with Crippen LogP contribution < -0.4 is 16.4 Å². The van der Waals surface area contributed by atoms with Crippen LogP contribution in [0.3, 0.4) is 0 Å². The van der Waals surface area contributed by atoms with Crippen LogP contribution >= 0.6 is 23.1 Å². The molecular weight excluding hydrogens is 436 g/mol. The van der Waals surface area contributed by atoms with Crippen LogP contribution in [0.25, 0.3) is 5.69 Å². The summed E-state index contributed by atoms with van der Waals surface area (Å²) in [6.07, 6.45) is 4.27. The van der Waals surface area contributed by atoms with E-state index in [2.05, 4.69) is 20.8 Å². The average Bonchev–Trinajstić information content (AvgIpc) is 3.41. The molecule has 1 aliphatic carbocycles. The molecule has 9 nitrogen and oxygen atoms in total. The van der Waals surface area contributed by atoms with Crippen molar-refractivity contribution >= 4 is 51.5 Å². The molecular formula is C20H20N6O3S2. The standard InChI is InChI=1S/C20H20N6O3S2/c1-11(27)23-12-4-2-5-13(8-12)26-10-22-25-20(26)30-9-16(28)24-19-17(18(21)29)14-6-3-7-15(14)31-19/h2,4-5,8,10H,3,6-7,9H2,1H3,(H2,21,29)(H,23,27)(H,24,28). The maximum atomic E-state index is 12.6. The number of hydrogen-bond donors (Lipinski definition) is 3. The number of anilines is 2. The summed E-state index contributed by atoms with van der Waals surface area (Å²) in [5.41, 5.74) is 8.36. The molecule has 2 aromatic heterocycles. The van der Waals surface area contributed by atoms with Gasteiger partial charge in [0.25, 0.3) is 5.91 Å². The number of nitrogens with zero attached hydrogens (tertiary/aromatic N) is 3. The highest BCUT2D eigenvalue weighted by Crippen LogP contribution is 2.39. The van der Waals surface area contributed by atoms with Gasteiger partial charge in [0.2, 0.25) is 11.8 Å².